The topological polar surface area (TPSA) is 51.2 Å². The van der Waals surface area contributed by atoms with Crippen LogP contribution in [0.4, 0.5) is 4.39 Å². The van der Waals surface area contributed by atoms with Crippen molar-refractivity contribution in [1.29, 1.82) is 0 Å². The molecule has 0 N–H and O–H groups in total. The third-order valence-electron chi connectivity index (χ3n) is 8.70. The molecule has 3 heterocycles. The second-order valence-electron chi connectivity index (χ2n) is 11.2. The van der Waals surface area contributed by atoms with Crippen molar-refractivity contribution in [3.05, 3.63) is 83.7 Å². The second kappa shape index (κ2) is 11.7. The van der Waals surface area contributed by atoms with E-state index in [1.807, 2.05) is 59.5 Å². The standard InChI is InChI=1S/C32H37FN2O4/c1-37-20-27-21-38-32(39-27)30-19-35(31(36)29-8-4-6-24-5-2-3-7-28(24)29)18-25(30)17-34-15-13-23(14-16-34)22-9-11-26(33)12-10-22/h2-12,23,25,27,30,32H,13-21H2,1H3. The molecule has 4 unspecified atom stereocenters. The van der Waals surface area contributed by atoms with E-state index in [4.69, 9.17) is 14.2 Å². The van der Waals surface area contributed by atoms with Crippen LogP contribution in [0.25, 0.3) is 10.8 Å². The molecule has 0 saturated carbocycles. The maximum atomic E-state index is 13.8. The van der Waals surface area contributed by atoms with Gasteiger partial charge in [-0.3, -0.25) is 4.79 Å². The van der Waals surface area contributed by atoms with E-state index in [2.05, 4.69) is 4.90 Å². The molecule has 6 nitrogen and oxygen atoms in total. The van der Waals surface area contributed by atoms with Gasteiger partial charge in [-0.1, -0.05) is 48.5 Å². The van der Waals surface area contributed by atoms with Crippen LogP contribution in [0.1, 0.15) is 34.7 Å². The number of carbonyl (C=O) groups excluding carboxylic acids is 1. The largest absolute Gasteiger partial charge is 0.382 e. The molecule has 0 radical (unpaired) electrons. The third-order valence-corrected chi connectivity index (χ3v) is 8.70. The van der Waals surface area contributed by atoms with E-state index in [1.54, 1.807) is 19.2 Å². The van der Waals surface area contributed by atoms with Gasteiger partial charge in [0.15, 0.2) is 6.29 Å². The first kappa shape index (κ1) is 26.4. The van der Waals surface area contributed by atoms with Crippen LogP contribution in [0.2, 0.25) is 0 Å². The predicted molar refractivity (Wildman–Crippen MR) is 148 cm³/mol. The first-order chi connectivity index (χ1) is 19.1. The number of carbonyl (C=O) groups is 1. The summed E-state index contributed by atoms with van der Waals surface area (Å²) in [5, 5.41) is 2.06. The highest BCUT2D eigenvalue weighted by atomic mass is 19.1. The summed E-state index contributed by atoms with van der Waals surface area (Å²) in [6.07, 6.45) is 1.69. The number of piperidine rings is 1. The Labute approximate surface area is 229 Å². The molecule has 6 rings (SSSR count). The van der Waals surface area contributed by atoms with Crippen LogP contribution in [-0.2, 0) is 14.2 Å². The fourth-order valence-electron chi connectivity index (χ4n) is 6.63. The summed E-state index contributed by atoms with van der Waals surface area (Å²) >= 11 is 0. The Hall–Kier alpha value is -2.84. The number of hydrogen-bond acceptors (Lipinski definition) is 5. The Morgan fingerprint density at radius 3 is 2.56 bits per heavy atom. The monoisotopic (exact) mass is 532 g/mol. The molecule has 1 amide bonds. The van der Waals surface area contributed by atoms with Crippen molar-refractivity contribution in [3.8, 4) is 0 Å². The Balaban J connectivity index is 1.16. The van der Waals surface area contributed by atoms with Gasteiger partial charge in [0.25, 0.3) is 5.91 Å². The molecule has 0 aliphatic carbocycles. The van der Waals surface area contributed by atoms with E-state index in [1.165, 1.54) is 5.56 Å². The molecular formula is C32H37FN2O4. The number of amides is 1. The Bertz CT molecular complexity index is 1270. The average Bonchev–Trinajstić information content (AvgIpc) is 3.60. The van der Waals surface area contributed by atoms with Gasteiger partial charge in [-0.25, -0.2) is 4.39 Å². The summed E-state index contributed by atoms with van der Waals surface area (Å²) in [7, 11) is 1.68. The molecule has 3 aromatic carbocycles. The van der Waals surface area contributed by atoms with Gasteiger partial charge in [0.05, 0.1) is 13.2 Å². The van der Waals surface area contributed by atoms with Crippen molar-refractivity contribution in [2.75, 3.05) is 53.0 Å². The van der Waals surface area contributed by atoms with E-state index < -0.39 is 0 Å². The van der Waals surface area contributed by atoms with Crippen molar-refractivity contribution in [2.24, 2.45) is 11.8 Å². The quantitative estimate of drug-likeness (QED) is 0.432. The zero-order chi connectivity index (χ0) is 26.8. The number of halogens is 1. The zero-order valence-corrected chi connectivity index (χ0v) is 22.5. The predicted octanol–water partition coefficient (Wildman–Crippen LogP) is 4.93. The third kappa shape index (κ3) is 5.73. The van der Waals surface area contributed by atoms with Crippen LogP contribution in [0.3, 0.4) is 0 Å². The number of likely N-dealkylation sites (tertiary alicyclic amines) is 2. The lowest BCUT2D eigenvalue weighted by atomic mass is 9.88. The van der Waals surface area contributed by atoms with Gasteiger partial charge in [0, 0.05) is 38.2 Å². The van der Waals surface area contributed by atoms with Gasteiger partial charge >= 0.3 is 0 Å². The minimum Gasteiger partial charge on any atom is -0.382 e. The fourth-order valence-corrected chi connectivity index (χ4v) is 6.63. The molecule has 0 bridgehead atoms. The van der Waals surface area contributed by atoms with Gasteiger partial charge in [-0.15, -0.1) is 0 Å². The maximum absolute atomic E-state index is 13.8. The summed E-state index contributed by atoms with van der Waals surface area (Å²) in [4.78, 5) is 18.4. The Kier molecular flexibility index (Phi) is 7.93. The van der Waals surface area contributed by atoms with Crippen LogP contribution >= 0.6 is 0 Å². The first-order valence-electron chi connectivity index (χ1n) is 14.1. The fraction of sp³-hybridized carbons (Fsp3) is 0.469. The number of nitrogens with zero attached hydrogens (tertiary/aromatic N) is 2. The van der Waals surface area contributed by atoms with Crippen molar-refractivity contribution in [2.45, 2.75) is 31.2 Å². The number of ether oxygens (including phenoxy) is 3. The minimum absolute atomic E-state index is 0.0701. The number of hydrogen-bond donors (Lipinski definition) is 0. The van der Waals surface area contributed by atoms with Crippen molar-refractivity contribution in [3.63, 3.8) is 0 Å². The van der Waals surface area contributed by atoms with E-state index in [9.17, 15) is 9.18 Å². The van der Waals surface area contributed by atoms with Crippen LogP contribution in [0.15, 0.2) is 66.7 Å². The van der Waals surface area contributed by atoms with E-state index >= 15 is 0 Å². The molecule has 0 spiro atoms. The lowest BCUT2D eigenvalue weighted by Gasteiger charge is -2.35. The Morgan fingerprint density at radius 2 is 1.77 bits per heavy atom. The van der Waals surface area contributed by atoms with Crippen LogP contribution < -0.4 is 0 Å². The first-order valence-corrected chi connectivity index (χ1v) is 14.1. The molecule has 3 aliphatic heterocycles. The highest BCUT2D eigenvalue weighted by Gasteiger charge is 2.45. The highest BCUT2D eigenvalue weighted by molar-refractivity contribution is 6.07. The van der Waals surface area contributed by atoms with Crippen molar-refractivity contribution < 1.29 is 23.4 Å². The molecule has 3 aromatic rings. The highest BCUT2D eigenvalue weighted by Crippen LogP contribution is 2.36. The number of fused-ring (bicyclic) bond motifs is 1. The van der Waals surface area contributed by atoms with E-state index in [0.29, 0.717) is 32.2 Å². The Morgan fingerprint density at radius 1 is 1.00 bits per heavy atom. The van der Waals surface area contributed by atoms with E-state index in [-0.39, 0.29) is 36.0 Å². The molecule has 3 saturated heterocycles. The van der Waals surface area contributed by atoms with Gasteiger partial charge in [0.2, 0.25) is 0 Å². The normalized spacial score (nSPS) is 26.5. The zero-order valence-electron chi connectivity index (χ0n) is 22.5. The molecule has 0 aromatic heterocycles. The van der Waals surface area contributed by atoms with Crippen LogP contribution in [0, 0.1) is 17.7 Å². The molecule has 206 valence electrons. The van der Waals surface area contributed by atoms with Gasteiger partial charge < -0.3 is 24.0 Å². The summed E-state index contributed by atoms with van der Waals surface area (Å²) in [6, 6.07) is 21.0. The summed E-state index contributed by atoms with van der Waals surface area (Å²) in [5.74, 6) is 0.691. The average molecular weight is 533 g/mol. The van der Waals surface area contributed by atoms with Crippen LogP contribution in [-0.4, -0.2) is 81.1 Å². The van der Waals surface area contributed by atoms with Gasteiger partial charge in [0.1, 0.15) is 11.9 Å². The molecule has 39 heavy (non-hydrogen) atoms. The smallest absolute Gasteiger partial charge is 0.254 e. The lowest BCUT2D eigenvalue weighted by Crippen LogP contribution is -2.40. The molecular weight excluding hydrogens is 495 g/mol. The molecule has 7 heteroatoms. The SMILES string of the molecule is COCC1COC(C2CN(C(=O)c3cccc4ccccc34)CC2CN2CCC(c3ccc(F)cc3)CC2)O1. The van der Waals surface area contributed by atoms with Gasteiger partial charge in [-0.05, 0) is 72.3 Å². The summed E-state index contributed by atoms with van der Waals surface area (Å²) < 4.78 is 31.1. The minimum atomic E-state index is -0.336. The second-order valence-corrected chi connectivity index (χ2v) is 11.2. The molecule has 3 fully saturated rings. The lowest BCUT2D eigenvalue weighted by molar-refractivity contribution is -0.111. The number of rotatable bonds is 7. The van der Waals surface area contributed by atoms with Gasteiger partial charge in [-0.2, -0.15) is 0 Å². The molecule has 4 atom stereocenters. The number of benzene rings is 3. The van der Waals surface area contributed by atoms with Crippen molar-refractivity contribution in [1.82, 2.24) is 9.80 Å². The van der Waals surface area contributed by atoms with E-state index in [0.717, 1.165) is 48.8 Å². The number of methoxy groups -OCH3 is 1. The summed E-state index contributed by atoms with van der Waals surface area (Å²) in [6.45, 7) is 5.19. The van der Waals surface area contributed by atoms with Crippen LogP contribution in [0.5, 0.6) is 0 Å². The molecule has 3 aliphatic rings. The maximum Gasteiger partial charge on any atom is 0.254 e. The summed E-state index contributed by atoms with van der Waals surface area (Å²) in [5.41, 5.74) is 1.97. The van der Waals surface area contributed by atoms with Crippen molar-refractivity contribution >= 4 is 16.7 Å².